The van der Waals surface area contributed by atoms with Gasteiger partial charge in [-0.2, -0.15) is 0 Å². The molecule has 8 nitrogen and oxygen atoms in total. The second-order valence-electron chi connectivity index (χ2n) is 9.21. The Morgan fingerprint density at radius 2 is 1.57 bits per heavy atom. The summed E-state index contributed by atoms with van der Waals surface area (Å²) < 4.78 is 0. The zero-order valence-corrected chi connectivity index (χ0v) is 20.6. The zero-order chi connectivity index (χ0) is 26.2. The van der Waals surface area contributed by atoms with Gasteiger partial charge in [-0.25, -0.2) is 0 Å². The first kappa shape index (κ1) is 25.8. The van der Waals surface area contributed by atoms with Crippen molar-refractivity contribution in [1.82, 2.24) is 20.9 Å². The molecule has 0 bridgehead atoms. The van der Waals surface area contributed by atoms with Crippen LogP contribution in [0.5, 0.6) is 0 Å². The molecular weight excluding hydrogens is 468 g/mol. The molecule has 4 rings (SSSR count). The van der Waals surface area contributed by atoms with Gasteiger partial charge in [0.05, 0.1) is 12.2 Å². The molecule has 0 spiro atoms. The molecule has 2 aromatic carbocycles. The molecule has 0 aliphatic heterocycles. The molecular formula is C29H30N4O4. The Labute approximate surface area is 215 Å². The fourth-order valence-electron chi connectivity index (χ4n) is 4.21. The Balaban J connectivity index is 1.36. The molecule has 0 radical (unpaired) electrons. The van der Waals surface area contributed by atoms with Gasteiger partial charge in [-0.1, -0.05) is 66.7 Å². The van der Waals surface area contributed by atoms with E-state index in [0.29, 0.717) is 5.69 Å². The van der Waals surface area contributed by atoms with Gasteiger partial charge in [0.1, 0.15) is 12.1 Å². The largest absolute Gasteiger partial charge is 0.344 e. The topological polar surface area (TPSA) is 117 Å². The van der Waals surface area contributed by atoms with Gasteiger partial charge >= 0.3 is 0 Å². The summed E-state index contributed by atoms with van der Waals surface area (Å²) in [7, 11) is 0. The van der Waals surface area contributed by atoms with Crippen LogP contribution in [0, 0.1) is 5.92 Å². The number of rotatable bonds is 11. The quantitative estimate of drug-likeness (QED) is 0.351. The number of benzene rings is 2. The number of Topliss-reactive ketones (excluding diaryl/α,β-unsaturated/α-hetero) is 1. The average molecular weight is 499 g/mol. The monoisotopic (exact) mass is 498 g/mol. The minimum atomic E-state index is -1.09. The van der Waals surface area contributed by atoms with Gasteiger partial charge in [0, 0.05) is 18.5 Å². The van der Waals surface area contributed by atoms with Gasteiger partial charge in [0.2, 0.25) is 17.6 Å². The molecule has 3 amide bonds. The Bertz CT molecular complexity index is 1230. The van der Waals surface area contributed by atoms with Gasteiger partial charge in [-0.05, 0) is 42.5 Å². The van der Waals surface area contributed by atoms with Crippen molar-refractivity contribution in [2.24, 2.45) is 5.92 Å². The SMILES string of the molecule is C[C@@H](NC(=O)C1CC1c1ccccc1)C(=O)N[C@H](Cc1ccccc1)C(=O)C(=O)NCc1ccccn1. The first-order valence-corrected chi connectivity index (χ1v) is 12.3. The summed E-state index contributed by atoms with van der Waals surface area (Å²) in [6.45, 7) is 1.66. The molecule has 1 saturated carbocycles. The molecule has 190 valence electrons. The lowest BCUT2D eigenvalue weighted by atomic mass is 10.0. The van der Waals surface area contributed by atoms with Crippen LogP contribution in [0.3, 0.4) is 0 Å². The number of nitrogens with zero attached hydrogens (tertiary/aromatic N) is 1. The van der Waals surface area contributed by atoms with E-state index in [4.69, 9.17) is 0 Å². The highest BCUT2D eigenvalue weighted by atomic mass is 16.2. The second kappa shape index (κ2) is 12.1. The van der Waals surface area contributed by atoms with E-state index in [1.165, 1.54) is 0 Å². The van der Waals surface area contributed by atoms with E-state index in [0.717, 1.165) is 17.5 Å². The van der Waals surface area contributed by atoms with E-state index in [2.05, 4.69) is 20.9 Å². The number of aromatic nitrogens is 1. The maximum absolute atomic E-state index is 13.0. The maximum atomic E-state index is 13.0. The molecule has 1 aliphatic carbocycles. The van der Waals surface area contributed by atoms with Crippen molar-refractivity contribution < 1.29 is 19.2 Å². The Hall–Kier alpha value is -4.33. The van der Waals surface area contributed by atoms with Gasteiger partial charge < -0.3 is 16.0 Å². The van der Waals surface area contributed by atoms with Crippen LogP contribution in [0.15, 0.2) is 85.1 Å². The summed E-state index contributed by atoms with van der Waals surface area (Å²) >= 11 is 0. The van der Waals surface area contributed by atoms with Crippen molar-refractivity contribution in [3.63, 3.8) is 0 Å². The highest BCUT2D eigenvalue weighted by molar-refractivity contribution is 6.38. The molecule has 4 atom stereocenters. The van der Waals surface area contributed by atoms with Crippen LogP contribution in [-0.2, 0) is 32.1 Å². The van der Waals surface area contributed by atoms with Crippen LogP contribution in [0.4, 0.5) is 0 Å². The lowest BCUT2D eigenvalue weighted by Crippen LogP contribution is -2.53. The summed E-state index contributed by atoms with van der Waals surface area (Å²) in [6, 6.07) is 22.2. The normalized spacial score (nSPS) is 17.6. The van der Waals surface area contributed by atoms with E-state index in [1.807, 2.05) is 60.7 Å². The summed E-state index contributed by atoms with van der Waals surface area (Å²) in [5.74, 6) is -2.35. The van der Waals surface area contributed by atoms with E-state index in [1.54, 1.807) is 31.3 Å². The molecule has 1 heterocycles. The molecule has 3 aromatic rings. The summed E-state index contributed by atoms with van der Waals surface area (Å²) in [4.78, 5) is 55.5. The van der Waals surface area contributed by atoms with Crippen molar-refractivity contribution in [3.05, 3.63) is 102 Å². The molecule has 1 aliphatic rings. The predicted octanol–water partition coefficient (Wildman–Crippen LogP) is 2.30. The van der Waals surface area contributed by atoms with Crippen molar-refractivity contribution in [2.75, 3.05) is 0 Å². The van der Waals surface area contributed by atoms with Crippen LogP contribution in [0.2, 0.25) is 0 Å². The molecule has 3 N–H and O–H groups in total. The Kier molecular flexibility index (Phi) is 8.40. The second-order valence-corrected chi connectivity index (χ2v) is 9.21. The van der Waals surface area contributed by atoms with E-state index >= 15 is 0 Å². The van der Waals surface area contributed by atoms with Crippen LogP contribution < -0.4 is 16.0 Å². The molecule has 2 unspecified atom stereocenters. The first-order chi connectivity index (χ1) is 17.9. The fraction of sp³-hybridized carbons (Fsp3) is 0.276. The molecule has 0 saturated heterocycles. The lowest BCUT2D eigenvalue weighted by molar-refractivity contribution is -0.140. The number of hydrogen-bond acceptors (Lipinski definition) is 5. The summed E-state index contributed by atoms with van der Waals surface area (Å²) in [6.07, 6.45) is 2.47. The molecule has 1 aromatic heterocycles. The van der Waals surface area contributed by atoms with Crippen molar-refractivity contribution >= 4 is 23.5 Å². The zero-order valence-electron chi connectivity index (χ0n) is 20.6. The van der Waals surface area contributed by atoms with Crippen molar-refractivity contribution in [2.45, 2.75) is 44.3 Å². The molecule has 1 fully saturated rings. The highest BCUT2D eigenvalue weighted by Crippen LogP contribution is 2.47. The maximum Gasteiger partial charge on any atom is 0.289 e. The van der Waals surface area contributed by atoms with Crippen LogP contribution in [0.25, 0.3) is 0 Å². The third-order valence-corrected chi connectivity index (χ3v) is 6.40. The fourth-order valence-corrected chi connectivity index (χ4v) is 4.21. The average Bonchev–Trinajstić information content (AvgIpc) is 3.74. The standard InChI is InChI=1S/C29H30N4O4/c1-19(32-28(36)24-17-23(24)21-12-6-3-7-13-21)27(35)33-25(16-20-10-4-2-5-11-20)26(34)29(37)31-18-22-14-8-9-15-30-22/h2-15,19,23-25H,16-18H2,1H3,(H,31,37)(H,32,36)(H,33,35)/t19-,23?,24?,25-/m1/s1. The number of amides is 3. The van der Waals surface area contributed by atoms with E-state index < -0.39 is 29.7 Å². The van der Waals surface area contributed by atoms with Gasteiger partial charge in [-0.3, -0.25) is 24.2 Å². The minimum absolute atomic E-state index is 0.0911. The number of ketones is 1. The van der Waals surface area contributed by atoms with Gasteiger partial charge in [0.15, 0.2) is 0 Å². The van der Waals surface area contributed by atoms with Crippen LogP contribution in [-0.4, -0.2) is 40.6 Å². The number of carbonyl (C=O) groups is 4. The molecule has 37 heavy (non-hydrogen) atoms. The van der Waals surface area contributed by atoms with Crippen LogP contribution >= 0.6 is 0 Å². The van der Waals surface area contributed by atoms with E-state index in [9.17, 15) is 19.2 Å². The number of pyridine rings is 1. The van der Waals surface area contributed by atoms with Crippen molar-refractivity contribution in [3.8, 4) is 0 Å². The predicted molar refractivity (Wildman–Crippen MR) is 138 cm³/mol. The summed E-state index contributed by atoms with van der Waals surface area (Å²) in [5, 5.41) is 8.00. The van der Waals surface area contributed by atoms with Gasteiger partial charge in [-0.15, -0.1) is 0 Å². The number of nitrogens with one attached hydrogen (secondary N) is 3. The van der Waals surface area contributed by atoms with Crippen molar-refractivity contribution in [1.29, 1.82) is 0 Å². The number of hydrogen-bond donors (Lipinski definition) is 3. The third-order valence-electron chi connectivity index (χ3n) is 6.40. The Morgan fingerprint density at radius 3 is 2.24 bits per heavy atom. The smallest absolute Gasteiger partial charge is 0.289 e. The minimum Gasteiger partial charge on any atom is -0.344 e. The van der Waals surface area contributed by atoms with E-state index in [-0.39, 0.29) is 30.7 Å². The number of carbonyl (C=O) groups excluding carboxylic acids is 4. The molecule has 8 heteroatoms. The highest BCUT2D eigenvalue weighted by Gasteiger charge is 2.44. The van der Waals surface area contributed by atoms with Crippen LogP contribution in [0.1, 0.15) is 36.1 Å². The third kappa shape index (κ3) is 7.10. The summed E-state index contributed by atoms with van der Waals surface area (Å²) in [5.41, 5.74) is 2.50. The Morgan fingerprint density at radius 1 is 0.892 bits per heavy atom. The first-order valence-electron chi connectivity index (χ1n) is 12.3. The lowest BCUT2D eigenvalue weighted by Gasteiger charge is -2.21. The van der Waals surface area contributed by atoms with Gasteiger partial charge in [0.25, 0.3) is 5.91 Å².